The number of esters is 1. The number of benzene rings is 1. The number of carbonyl (C=O) groups excluding carboxylic acids is 2. The van der Waals surface area contributed by atoms with Crippen LogP contribution in [0.25, 0.3) is 0 Å². The Hall–Kier alpha value is -1.20. The van der Waals surface area contributed by atoms with Crippen molar-refractivity contribution in [3.05, 3.63) is 28.8 Å². The molecule has 4 nitrogen and oxygen atoms in total. The molecule has 6 heteroatoms. The average molecular weight is 344 g/mol. The normalized spacial score (nSPS) is 13.3. The first-order valence-corrected chi connectivity index (χ1v) is 8.64. The van der Waals surface area contributed by atoms with E-state index >= 15 is 0 Å². The fraction of sp³-hybridized carbons (Fsp3) is 0.500. The van der Waals surface area contributed by atoms with Crippen molar-refractivity contribution < 1.29 is 14.3 Å². The van der Waals surface area contributed by atoms with E-state index in [1.807, 2.05) is 20.8 Å². The molecule has 0 fully saturated rings. The molecule has 0 aliphatic rings. The third kappa shape index (κ3) is 6.28. The summed E-state index contributed by atoms with van der Waals surface area (Å²) in [6.45, 7) is 7.43. The summed E-state index contributed by atoms with van der Waals surface area (Å²) in [4.78, 5) is 23.7. The molecule has 122 valence electrons. The molecule has 0 saturated heterocycles. The van der Waals surface area contributed by atoms with Crippen LogP contribution in [0.4, 0.5) is 5.69 Å². The molecule has 1 amide bonds. The van der Waals surface area contributed by atoms with Crippen LogP contribution in [0.15, 0.2) is 18.2 Å². The predicted molar refractivity (Wildman–Crippen MR) is 92.6 cm³/mol. The first-order valence-electron chi connectivity index (χ1n) is 7.21. The van der Waals surface area contributed by atoms with Crippen LogP contribution in [-0.2, 0) is 14.3 Å². The standard InChI is InChI=1S/C16H22ClNO3S/c1-5-11(3)21-16(20)12(4)22-9-15(19)18-14-7-6-13(17)8-10(14)2/h6-8,11-12H,5,9H2,1-4H3,(H,18,19). The number of hydrogen-bond acceptors (Lipinski definition) is 4. The van der Waals surface area contributed by atoms with E-state index in [-0.39, 0.29) is 29.0 Å². The van der Waals surface area contributed by atoms with Crippen LogP contribution in [0.2, 0.25) is 5.02 Å². The van der Waals surface area contributed by atoms with Gasteiger partial charge in [0.25, 0.3) is 0 Å². The fourth-order valence-electron chi connectivity index (χ4n) is 1.60. The zero-order valence-corrected chi connectivity index (χ0v) is 14.9. The summed E-state index contributed by atoms with van der Waals surface area (Å²) in [6, 6.07) is 5.28. The van der Waals surface area contributed by atoms with Gasteiger partial charge in [0, 0.05) is 10.7 Å². The van der Waals surface area contributed by atoms with Gasteiger partial charge in [-0.05, 0) is 51.0 Å². The van der Waals surface area contributed by atoms with Gasteiger partial charge in [-0.2, -0.15) is 0 Å². The Morgan fingerprint density at radius 3 is 2.64 bits per heavy atom. The molecule has 0 heterocycles. The summed E-state index contributed by atoms with van der Waals surface area (Å²) in [5.74, 6) is -0.243. The van der Waals surface area contributed by atoms with E-state index in [4.69, 9.17) is 16.3 Å². The molecular formula is C16H22ClNO3S. The smallest absolute Gasteiger partial charge is 0.319 e. The Morgan fingerprint density at radius 1 is 1.36 bits per heavy atom. The summed E-state index contributed by atoms with van der Waals surface area (Å²) in [6.07, 6.45) is 0.681. The average Bonchev–Trinajstić information content (AvgIpc) is 2.47. The van der Waals surface area contributed by atoms with Gasteiger partial charge in [0.2, 0.25) is 5.91 Å². The molecule has 0 aliphatic heterocycles. The molecule has 0 spiro atoms. The number of aryl methyl sites for hydroxylation is 1. The molecule has 1 N–H and O–H groups in total. The Kier molecular flexibility index (Phi) is 7.76. The lowest BCUT2D eigenvalue weighted by Gasteiger charge is -2.15. The van der Waals surface area contributed by atoms with Gasteiger partial charge in [-0.1, -0.05) is 18.5 Å². The molecule has 2 atom stereocenters. The highest BCUT2D eigenvalue weighted by atomic mass is 35.5. The number of ether oxygens (including phenoxy) is 1. The van der Waals surface area contributed by atoms with Gasteiger partial charge in [0.05, 0.1) is 11.9 Å². The van der Waals surface area contributed by atoms with Crippen molar-refractivity contribution in [2.45, 2.75) is 45.5 Å². The lowest BCUT2D eigenvalue weighted by atomic mass is 10.2. The second-order valence-corrected chi connectivity index (χ2v) is 6.88. The summed E-state index contributed by atoms with van der Waals surface area (Å²) in [5.41, 5.74) is 1.62. The quantitative estimate of drug-likeness (QED) is 0.759. The monoisotopic (exact) mass is 343 g/mol. The van der Waals surface area contributed by atoms with Gasteiger partial charge >= 0.3 is 5.97 Å². The van der Waals surface area contributed by atoms with Crippen LogP contribution in [-0.4, -0.2) is 29.0 Å². The number of rotatable bonds is 7. The Morgan fingerprint density at radius 2 is 2.05 bits per heavy atom. The van der Waals surface area contributed by atoms with Crippen LogP contribution in [0.1, 0.15) is 32.8 Å². The SMILES string of the molecule is CCC(C)OC(=O)C(C)SCC(=O)Nc1ccc(Cl)cc1C. The van der Waals surface area contributed by atoms with Gasteiger partial charge in [-0.15, -0.1) is 11.8 Å². The molecule has 0 saturated carbocycles. The van der Waals surface area contributed by atoms with E-state index < -0.39 is 0 Å². The minimum atomic E-state index is -0.369. The van der Waals surface area contributed by atoms with Crippen molar-refractivity contribution in [1.82, 2.24) is 0 Å². The van der Waals surface area contributed by atoms with Crippen molar-refractivity contribution in [2.75, 3.05) is 11.1 Å². The molecule has 1 aromatic carbocycles. The maximum absolute atomic E-state index is 11.9. The molecule has 22 heavy (non-hydrogen) atoms. The van der Waals surface area contributed by atoms with Crippen LogP contribution in [0, 0.1) is 6.92 Å². The minimum absolute atomic E-state index is 0.0962. The second-order valence-electron chi connectivity index (χ2n) is 5.12. The molecule has 0 bridgehead atoms. The van der Waals surface area contributed by atoms with Crippen LogP contribution in [0.3, 0.4) is 0 Å². The van der Waals surface area contributed by atoms with Gasteiger partial charge in [-0.25, -0.2) is 0 Å². The summed E-state index contributed by atoms with van der Waals surface area (Å²) >= 11 is 7.14. The Bertz CT molecular complexity index is 536. The lowest BCUT2D eigenvalue weighted by Crippen LogP contribution is -2.24. The highest BCUT2D eigenvalue weighted by Gasteiger charge is 2.18. The number of thioether (sulfide) groups is 1. The number of hydrogen-bond donors (Lipinski definition) is 1. The van der Waals surface area contributed by atoms with E-state index in [2.05, 4.69) is 5.32 Å². The zero-order valence-electron chi connectivity index (χ0n) is 13.3. The van der Waals surface area contributed by atoms with Gasteiger partial charge < -0.3 is 10.1 Å². The highest BCUT2D eigenvalue weighted by Crippen LogP contribution is 2.20. The summed E-state index contributed by atoms with van der Waals surface area (Å²) in [5, 5.41) is 3.07. The second kappa shape index (κ2) is 9.06. The van der Waals surface area contributed by atoms with Crippen molar-refractivity contribution in [3.8, 4) is 0 Å². The van der Waals surface area contributed by atoms with Gasteiger partial charge in [0.15, 0.2) is 0 Å². The van der Waals surface area contributed by atoms with Crippen LogP contribution in [0.5, 0.6) is 0 Å². The van der Waals surface area contributed by atoms with Crippen molar-refractivity contribution in [3.63, 3.8) is 0 Å². The molecular weight excluding hydrogens is 322 g/mol. The maximum atomic E-state index is 11.9. The Labute approximate surface area is 140 Å². The number of amides is 1. The molecule has 1 rings (SSSR count). The number of anilines is 1. The fourth-order valence-corrected chi connectivity index (χ4v) is 2.49. The lowest BCUT2D eigenvalue weighted by molar-refractivity contribution is -0.147. The molecule has 0 aliphatic carbocycles. The molecule has 0 radical (unpaired) electrons. The predicted octanol–water partition coefficient (Wildman–Crippen LogP) is 4.05. The molecule has 0 aromatic heterocycles. The topological polar surface area (TPSA) is 55.4 Å². The van der Waals surface area contributed by atoms with Crippen molar-refractivity contribution >= 4 is 40.9 Å². The van der Waals surface area contributed by atoms with Gasteiger partial charge in [0.1, 0.15) is 5.25 Å². The number of carbonyl (C=O) groups is 2. The maximum Gasteiger partial charge on any atom is 0.319 e. The van der Waals surface area contributed by atoms with Crippen LogP contribution >= 0.6 is 23.4 Å². The summed E-state index contributed by atoms with van der Waals surface area (Å²) in [7, 11) is 0. The van der Waals surface area contributed by atoms with E-state index in [0.29, 0.717) is 5.02 Å². The number of nitrogens with one attached hydrogen (secondary N) is 1. The first-order chi connectivity index (χ1) is 10.3. The van der Waals surface area contributed by atoms with Gasteiger partial charge in [-0.3, -0.25) is 9.59 Å². The van der Waals surface area contributed by atoms with E-state index in [1.54, 1.807) is 25.1 Å². The molecule has 2 unspecified atom stereocenters. The van der Waals surface area contributed by atoms with Crippen molar-refractivity contribution in [2.24, 2.45) is 0 Å². The van der Waals surface area contributed by atoms with E-state index in [9.17, 15) is 9.59 Å². The van der Waals surface area contributed by atoms with Crippen molar-refractivity contribution in [1.29, 1.82) is 0 Å². The van der Waals surface area contributed by atoms with E-state index in [0.717, 1.165) is 17.7 Å². The third-order valence-corrected chi connectivity index (χ3v) is 4.51. The minimum Gasteiger partial charge on any atom is -0.462 e. The first kappa shape index (κ1) is 18.8. The van der Waals surface area contributed by atoms with Crippen LogP contribution < -0.4 is 5.32 Å². The largest absolute Gasteiger partial charge is 0.462 e. The van der Waals surface area contributed by atoms with E-state index in [1.165, 1.54) is 11.8 Å². The molecule has 1 aromatic rings. The third-order valence-electron chi connectivity index (χ3n) is 3.15. The Balaban J connectivity index is 2.44. The highest BCUT2D eigenvalue weighted by molar-refractivity contribution is 8.01. The zero-order chi connectivity index (χ0) is 16.7. The number of halogens is 1. The summed E-state index contributed by atoms with van der Waals surface area (Å²) < 4.78 is 5.24.